The summed E-state index contributed by atoms with van der Waals surface area (Å²) in [6.07, 6.45) is 0. The van der Waals surface area contributed by atoms with E-state index in [1.807, 2.05) is 20.0 Å². The third-order valence-corrected chi connectivity index (χ3v) is 4.31. The van der Waals surface area contributed by atoms with E-state index in [9.17, 15) is 9.59 Å². The Labute approximate surface area is 138 Å². The van der Waals surface area contributed by atoms with Gasteiger partial charge in [-0.1, -0.05) is 0 Å². The number of hydrogen-bond donors (Lipinski definition) is 3. The molecule has 0 aromatic carbocycles. The fourth-order valence-corrected chi connectivity index (χ4v) is 3.03. The number of rotatable bonds is 5. The van der Waals surface area contributed by atoms with Crippen molar-refractivity contribution in [2.45, 2.75) is 19.9 Å². The van der Waals surface area contributed by atoms with Crippen LogP contribution in [0, 0.1) is 6.92 Å². The van der Waals surface area contributed by atoms with E-state index in [1.165, 1.54) is 11.3 Å². The number of nitrogens with zero attached hydrogens (tertiary/aromatic N) is 2. The van der Waals surface area contributed by atoms with Crippen LogP contribution in [0.2, 0.25) is 0 Å². The van der Waals surface area contributed by atoms with Crippen molar-refractivity contribution in [1.29, 1.82) is 0 Å². The summed E-state index contributed by atoms with van der Waals surface area (Å²) < 4.78 is 1.75. The minimum atomic E-state index is -0.603. The zero-order valence-electron chi connectivity index (χ0n) is 12.7. The summed E-state index contributed by atoms with van der Waals surface area (Å²) in [6.45, 7) is 4.31. The molecule has 2 amide bonds. The highest BCUT2D eigenvalue weighted by atomic mass is 35.5. The molecule has 2 heterocycles. The summed E-state index contributed by atoms with van der Waals surface area (Å²) in [5.74, 6) is -0.501. The molecule has 7 nitrogen and oxygen atoms in total. The largest absolute Gasteiger partial charge is 0.353 e. The molecule has 0 saturated carbocycles. The van der Waals surface area contributed by atoms with Gasteiger partial charge in [0.2, 0.25) is 5.91 Å². The number of nitrogens with two attached hydrogens (primary N) is 1. The van der Waals surface area contributed by atoms with E-state index in [-0.39, 0.29) is 24.2 Å². The maximum absolute atomic E-state index is 12.2. The van der Waals surface area contributed by atoms with Crippen LogP contribution < -0.4 is 16.4 Å². The standard InChI is InChI=1S/C13H19N5O2S.ClH/c1-7-9-6-10(21-13(9)18(3)17-7)12(20)16-8(2)11(19)15-5-4-14;/h6,8H,4-5,14H2,1-3H3,(H,15,19)(H,16,20);1H. The predicted octanol–water partition coefficient (Wildman–Crippen LogP) is 0.558. The molecule has 0 saturated heterocycles. The molecule has 4 N–H and O–H groups in total. The molecule has 0 aliphatic heterocycles. The minimum absolute atomic E-state index is 0. The molecule has 1 unspecified atom stereocenters. The number of fused-ring (bicyclic) bond motifs is 1. The molecule has 1 atom stereocenters. The molecule has 2 rings (SSSR count). The van der Waals surface area contributed by atoms with Gasteiger partial charge in [-0.15, -0.1) is 23.7 Å². The second kappa shape index (κ2) is 7.57. The second-order valence-corrected chi connectivity index (χ2v) is 5.84. The van der Waals surface area contributed by atoms with E-state index < -0.39 is 6.04 Å². The first-order valence-electron chi connectivity index (χ1n) is 6.65. The summed E-state index contributed by atoms with van der Waals surface area (Å²) in [7, 11) is 1.84. The first-order chi connectivity index (χ1) is 9.93. The zero-order chi connectivity index (χ0) is 15.6. The number of thiophene rings is 1. The molecule has 0 radical (unpaired) electrons. The van der Waals surface area contributed by atoms with Crippen LogP contribution in [0.25, 0.3) is 10.2 Å². The molecule has 122 valence electrons. The Morgan fingerprint density at radius 3 is 2.77 bits per heavy atom. The van der Waals surface area contributed by atoms with Gasteiger partial charge in [0.25, 0.3) is 5.91 Å². The number of nitrogens with one attached hydrogen (secondary N) is 2. The monoisotopic (exact) mass is 345 g/mol. The van der Waals surface area contributed by atoms with Crippen LogP contribution in [0.3, 0.4) is 0 Å². The summed E-state index contributed by atoms with van der Waals surface area (Å²) in [5.41, 5.74) is 6.21. The Bertz CT molecular complexity index is 647. The van der Waals surface area contributed by atoms with Gasteiger partial charge in [-0.3, -0.25) is 14.3 Å². The van der Waals surface area contributed by atoms with Crippen molar-refractivity contribution in [1.82, 2.24) is 20.4 Å². The van der Waals surface area contributed by atoms with Crippen molar-refractivity contribution < 1.29 is 9.59 Å². The molecule has 0 bridgehead atoms. The Balaban J connectivity index is 0.00000242. The van der Waals surface area contributed by atoms with Crippen LogP contribution in [0.4, 0.5) is 0 Å². The quantitative estimate of drug-likeness (QED) is 0.736. The Morgan fingerprint density at radius 2 is 2.18 bits per heavy atom. The van der Waals surface area contributed by atoms with Crippen molar-refractivity contribution in [2.24, 2.45) is 12.8 Å². The first kappa shape index (κ1) is 18.4. The molecule has 0 aliphatic carbocycles. The maximum Gasteiger partial charge on any atom is 0.262 e. The van der Waals surface area contributed by atoms with Crippen LogP contribution in [0.5, 0.6) is 0 Å². The number of hydrogen-bond acceptors (Lipinski definition) is 5. The van der Waals surface area contributed by atoms with Crippen molar-refractivity contribution in [3.8, 4) is 0 Å². The zero-order valence-corrected chi connectivity index (χ0v) is 14.3. The second-order valence-electron chi connectivity index (χ2n) is 4.81. The fourth-order valence-electron chi connectivity index (χ4n) is 2.00. The fraction of sp³-hybridized carbons (Fsp3) is 0.462. The lowest BCUT2D eigenvalue weighted by Gasteiger charge is -2.12. The molecular formula is C13H20ClN5O2S. The van der Waals surface area contributed by atoms with Crippen molar-refractivity contribution in [3.05, 3.63) is 16.6 Å². The van der Waals surface area contributed by atoms with Crippen LogP contribution in [-0.4, -0.2) is 40.7 Å². The predicted molar refractivity (Wildman–Crippen MR) is 89.6 cm³/mol. The molecule has 0 spiro atoms. The van der Waals surface area contributed by atoms with Crippen molar-refractivity contribution in [3.63, 3.8) is 0 Å². The molecule has 2 aromatic rings. The third-order valence-electron chi connectivity index (χ3n) is 3.10. The highest BCUT2D eigenvalue weighted by molar-refractivity contribution is 7.20. The van der Waals surface area contributed by atoms with Gasteiger partial charge < -0.3 is 16.4 Å². The number of aryl methyl sites for hydroxylation is 2. The van der Waals surface area contributed by atoms with E-state index in [4.69, 9.17) is 5.73 Å². The average Bonchev–Trinajstić information content (AvgIpc) is 2.98. The van der Waals surface area contributed by atoms with Crippen molar-refractivity contribution in [2.75, 3.05) is 13.1 Å². The van der Waals surface area contributed by atoms with Crippen LogP contribution in [-0.2, 0) is 11.8 Å². The topological polar surface area (TPSA) is 102 Å². The number of carbonyl (C=O) groups is 2. The van der Waals surface area contributed by atoms with E-state index >= 15 is 0 Å². The van der Waals surface area contributed by atoms with Gasteiger partial charge >= 0.3 is 0 Å². The highest BCUT2D eigenvalue weighted by Crippen LogP contribution is 2.27. The first-order valence-corrected chi connectivity index (χ1v) is 7.47. The summed E-state index contributed by atoms with van der Waals surface area (Å²) >= 11 is 1.36. The van der Waals surface area contributed by atoms with Gasteiger partial charge in [-0.25, -0.2) is 0 Å². The number of carbonyl (C=O) groups excluding carboxylic acids is 2. The normalized spacial score (nSPS) is 11.8. The Kier molecular flexibility index (Phi) is 6.34. The van der Waals surface area contributed by atoms with Gasteiger partial charge in [0.1, 0.15) is 10.9 Å². The van der Waals surface area contributed by atoms with Crippen LogP contribution >= 0.6 is 23.7 Å². The SMILES string of the molecule is Cc1nn(C)c2sc(C(=O)NC(C)C(=O)NCCN)cc12.Cl. The summed E-state index contributed by atoms with van der Waals surface area (Å²) in [4.78, 5) is 25.4. The maximum atomic E-state index is 12.2. The smallest absolute Gasteiger partial charge is 0.262 e. The Hall–Kier alpha value is -1.64. The lowest BCUT2D eigenvalue weighted by molar-refractivity contribution is -0.122. The van der Waals surface area contributed by atoms with E-state index in [0.717, 1.165) is 15.9 Å². The number of amides is 2. The molecule has 0 fully saturated rings. The average molecular weight is 346 g/mol. The van der Waals surface area contributed by atoms with Gasteiger partial charge in [0.05, 0.1) is 10.6 Å². The van der Waals surface area contributed by atoms with Gasteiger partial charge in [-0.2, -0.15) is 5.10 Å². The lowest BCUT2D eigenvalue weighted by Crippen LogP contribution is -2.45. The van der Waals surface area contributed by atoms with Gasteiger partial charge in [0, 0.05) is 25.5 Å². The summed E-state index contributed by atoms with van der Waals surface area (Å²) in [6, 6.07) is 1.20. The van der Waals surface area contributed by atoms with Gasteiger partial charge in [0.15, 0.2) is 0 Å². The number of aromatic nitrogens is 2. The van der Waals surface area contributed by atoms with Crippen LogP contribution in [0.1, 0.15) is 22.3 Å². The van der Waals surface area contributed by atoms with Gasteiger partial charge in [-0.05, 0) is 19.9 Å². The molecule has 2 aromatic heterocycles. The van der Waals surface area contributed by atoms with E-state index in [0.29, 0.717) is 18.0 Å². The van der Waals surface area contributed by atoms with Crippen molar-refractivity contribution >= 4 is 45.8 Å². The number of halogens is 1. The lowest BCUT2D eigenvalue weighted by atomic mass is 10.2. The van der Waals surface area contributed by atoms with Crippen LogP contribution in [0.15, 0.2) is 6.07 Å². The highest BCUT2D eigenvalue weighted by Gasteiger charge is 2.19. The summed E-state index contributed by atoms with van der Waals surface area (Å²) in [5, 5.41) is 10.6. The third kappa shape index (κ3) is 3.76. The van der Waals surface area contributed by atoms with E-state index in [1.54, 1.807) is 11.6 Å². The molecule has 0 aliphatic rings. The molecule has 22 heavy (non-hydrogen) atoms. The molecule has 9 heteroatoms. The Morgan fingerprint density at radius 1 is 1.50 bits per heavy atom. The van der Waals surface area contributed by atoms with E-state index in [2.05, 4.69) is 15.7 Å². The molecular weight excluding hydrogens is 326 g/mol. The minimum Gasteiger partial charge on any atom is -0.353 e.